The number of nitrogens with two attached hydrogens (primary N) is 2. The fraction of sp³-hybridized carbons (Fsp3) is 0.333. The van der Waals surface area contributed by atoms with Gasteiger partial charge in [0, 0.05) is 22.9 Å². The molecule has 5 nitrogen and oxygen atoms in total. The summed E-state index contributed by atoms with van der Waals surface area (Å²) < 4.78 is 1.72. The van der Waals surface area contributed by atoms with E-state index in [1.807, 2.05) is 30.3 Å². The number of aromatic nitrogens is 2. The monoisotopic (exact) mass is 270 g/mol. The summed E-state index contributed by atoms with van der Waals surface area (Å²) in [6.07, 6.45) is 2.87. The molecule has 0 spiro atoms. The van der Waals surface area contributed by atoms with E-state index in [-0.39, 0.29) is 18.5 Å². The summed E-state index contributed by atoms with van der Waals surface area (Å²) in [5, 5.41) is 4.59. The van der Waals surface area contributed by atoms with Crippen molar-refractivity contribution in [2.45, 2.75) is 31.8 Å². The van der Waals surface area contributed by atoms with Gasteiger partial charge in [0.05, 0.1) is 5.69 Å². The molecule has 1 heterocycles. The van der Waals surface area contributed by atoms with Crippen molar-refractivity contribution >= 4 is 5.91 Å². The zero-order valence-corrected chi connectivity index (χ0v) is 11.2. The molecule has 4 N–H and O–H groups in total. The van der Waals surface area contributed by atoms with Gasteiger partial charge in [-0.3, -0.25) is 9.48 Å². The maximum Gasteiger partial charge on any atom is 0.239 e. The first-order valence-corrected chi connectivity index (χ1v) is 6.85. The van der Waals surface area contributed by atoms with Crippen molar-refractivity contribution in [3.05, 3.63) is 41.6 Å². The summed E-state index contributed by atoms with van der Waals surface area (Å²) in [7, 11) is 0. The highest BCUT2D eigenvalue weighted by atomic mass is 16.1. The van der Waals surface area contributed by atoms with Gasteiger partial charge in [-0.05, 0) is 19.3 Å². The van der Waals surface area contributed by atoms with Crippen molar-refractivity contribution in [1.29, 1.82) is 0 Å². The van der Waals surface area contributed by atoms with Crippen molar-refractivity contribution in [3.8, 4) is 11.3 Å². The number of benzene rings is 1. The second-order valence-electron chi connectivity index (χ2n) is 5.20. The Morgan fingerprint density at radius 1 is 1.35 bits per heavy atom. The van der Waals surface area contributed by atoms with Crippen molar-refractivity contribution in [2.75, 3.05) is 0 Å². The average molecular weight is 270 g/mol. The summed E-state index contributed by atoms with van der Waals surface area (Å²) in [6, 6.07) is 9.93. The SMILES string of the molecule is NC(=O)Cn1nc(-c2ccccc2)c2c1CCCC2N. The molecule has 0 bridgehead atoms. The summed E-state index contributed by atoms with van der Waals surface area (Å²) >= 11 is 0. The van der Waals surface area contributed by atoms with E-state index >= 15 is 0 Å². The maximum atomic E-state index is 11.2. The molecule has 1 aliphatic carbocycles. The number of fused-ring (bicyclic) bond motifs is 1. The van der Waals surface area contributed by atoms with Crippen LogP contribution in [0.3, 0.4) is 0 Å². The highest BCUT2D eigenvalue weighted by Crippen LogP contribution is 2.35. The van der Waals surface area contributed by atoms with E-state index in [0.717, 1.165) is 41.8 Å². The molecule has 0 saturated carbocycles. The predicted molar refractivity (Wildman–Crippen MR) is 76.7 cm³/mol. The lowest BCUT2D eigenvalue weighted by Gasteiger charge is -2.20. The van der Waals surface area contributed by atoms with Gasteiger partial charge in [-0.15, -0.1) is 0 Å². The maximum absolute atomic E-state index is 11.2. The molecule has 0 saturated heterocycles. The van der Waals surface area contributed by atoms with Gasteiger partial charge in [-0.1, -0.05) is 30.3 Å². The van der Waals surface area contributed by atoms with Gasteiger partial charge in [-0.25, -0.2) is 0 Å². The van der Waals surface area contributed by atoms with Gasteiger partial charge in [0.1, 0.15) is 6.54 Å². The first kappa shape index (κ1) is 12.9. The van der Waals surface area contributed by atoms with Crippen molar-refractivity contribution in [3.63, 3.8) is 0 Å². The van der Waals surface area contributed by atoms with Crippen molar-refractivity contribution in [2.24, 2.45) is 11.5 Å². The smallest absolute Gasteiger partial charge is 0.239 e. The molecule has 1 aromatic heterocycles. The van der Waals surface area contributed by atoms with Gasteiger partial charge >= 0.3 is 0 Å². The molecule has 2 aromatic rings. The van der Waals surface area contributed by atoms with Crippen LogP contribution in [-0.2, 0) is 17.8 Å². The number of rotatable bonds is 3. The van der Waals surface area contributed by atoms with E-state index in [1.165, 1.54) is 0 Å². The Bertz CT molecular complexity index is 633. The fourth-order valence-electron chi connectivity index (χ4n) is 2.89. The third-order valence-corrected chi connectivity index (χ3v) is 3.75. The molecule has 1 aliphatic rings. The Labute approximate surface area is 117 Å². The molecule has 3 rings (SSSR count). The second-order valence-corrected chi connectivity index (χ2v) is 5.20. The Balaban J connectivity index is 2.14. The molecular weight excluding hydrogens is 252 g/mol. The Hall–Kier alpha value is -2.14. The largest absolute Gasteiger partial charge is 0.368 e. The topological polar surface area (TPSA) is 86.9 Å². The number of hydrogen-bond donors (Lipinski definition) is 2. The minimum Gasteiger partial charge on any atom is -0.368 e. The zero-order chi connectivity index (χ0) is 14.1. The van der Waals surface area contributed by atoms with E-state index in [1.54, 1.807) is 4.68 Å². The molecule has 1 amide bonds. The fourth-order valence-corrected chi connectivity index (χ4v) is 2.89. The minimum atomic E-state index is -0.381. The molecule has 1 aromatic carbocycles. The Morgan fingerprint density at radius 3 is 2.80 bits per heavy atom. The molecule has 1 unspecified atom stereocenters. The van der Waals surface area contributed by atoms with Crippen molar-refractivity contribution < 1.29 is 4.79 Å². The van der Waals surface area contributed by atoms with Crippen LogP contribution in [0.2, 0.25) is 0 Å². The first-order valence-electron chi connectivity index (χ1n) is 6.85. The molecule has 5 heteroatoms. The summed E-state index contributed by atoms with van der Waals surface area (Å²) in [5.41, 5.74) is 15.6. The highest BCUT2D eigenvalue weighted by molar-refractivity contribution is 5.74. The van der Waals surface area contributed by atoms with Crippen LogP contribution in [0.5, 0.6) is 0 Å². The van der Waals surface area contributed by atoms with Crippen LogP contribution >= 0.6 is 0 Å². The van der Waals surface area contributed by atoms with Crippen LogP contribution in [0.15, 0.2) is 30.3 Å². The minimum absolute atomic E-state index is 0.0180. The van der Waals surface area contributed by atoms with Crippen LogP contribution < -0.4 is 11.5 Å². The van der Waals surface area contributed by atoms with Crippen LogP contribution in [0.1, 0.15) is 30.1 Å². The normalized spacial score (nSPS) is 17.8. The lowest BCUT2D eigenvalue weighted by Crippen LogP contribution is -2.23. The number of carbonyl (C=O) groups excluding carboxylic acids is 1. The third kappa shape index (κ3) is 2.20. The average Bonchev–Trinajstić information content (AvgIpc) is 2.79. The van der Waals surface area contributed by atoms with Gasteiger partial charge in [0.25, 0.3) is 0 Å². The van der Waals surface area contributed by atoms with Crippen LogP contribution in [0.4, 0.5) is 0 Å². The molecule has 0 aliphatic heterocycles. The van der Waals surface area contributed by atoms with E-state index in [9.17, 15) is 4.79 Å². The lowest BCUT2D eigenvalue weighted by atomic mass is 9.89. The molecule has 0 radical (unpaired) electrons. The molecular formula is C15H18N4O. The quantitative estimate of drug-likeness (QED) is 0.883. The van der Waals surface area contributed by atoms with E-state index in [4.69, 9.17) is 11.5 Å². The van der Waals surface area contributed by atoms with Crippen LogP contribution in [-0.4, -0.2) is 15.7 Å². The number of nitrogens with zero attached hydrogens (tertiary/aromatic N) is 2. The third-order valence-electron chi connectivity index (χ3n) is 3.75. The van der Waals surface area contributed by atoms with Crippen LogP contribution in [0.25, 0.3) is 11.3 Å². The summed E-state index contributed by atoms with van der Waals surface area (Å²) in [4.78, 5) is 11.2. The first-order chi connectivity index (χ1) is 9.66. The van der Waals surface area contributed by atoms with Gasteiger partial charge in [0.15, 0.2) is 0 Å². The van der Waals surface area contributed by atoms with E-state index in [2.05, 4.69) is 5.10 Å². The Morgan fingerprint density at radius 2 is 2.10 bits per heavy atom. The van der Waals surface area contributed by atoms with Gasteiger partial charge < -0.3 is 11.5 Å². The molecule has 1 atom stereocenters. The number of amides is 1. The van der Waals surface area contributed by atoms with E-state index < -0.39 is 0 Å². The summed E-state index contributed by atoms with van der Waals surface area (Å²) in [5.74, 6) is -0.381. The molecule has 0 fully saturated rings. The Kier molecular flexibility index (Phi) is 3.28. The molecule has 104 valence electrons. The molecule has 20 heavy (non-hydrogen) atoms. The number of primary amides is 1. The van der Waals surface area contributed by atoms with Gasteiger partial charge in [-0.2, -0.15) is 5.10 Å². The lowest BCUT2D eigenvalue weighted by molar-refractivity contribution is -0.118. The second kappa shape index (κ2) is 5.09. The number of carbonyl (C=O) groups is 1. The van der Waals surface area contributed by atoms with Gasteiger partial charge in [0.2, 0.25) is 5.91 Å². The van der Waals surface area contributed by atoms with Crippen LogP contribution in [0, 0.1) is 0 Å². The summed E-state index contributed by atoms with van der Waals surface area (Å²) in [6.45, 7) is 0.113. The zero-order valence-electron chi connectivity index (χ0n) is 11.2. The van der Waals surface area contributed by atoms with Crippen molar-refractivity contribution in [1.82, 2.24) is 9.78 Å². The highest BCUT2D eigenvalue weighted by Gasteiger charge is 2.27. The predicted octanol–water partition coefficient (Wildman–Crippen LogP) is 1.37. The van der Waals surface area contributed by atoms with E-state index in [0.29, 0.717) is 0 Å². The standard InChI is InChI=1S/C15H18N4O/c16-11-7-4-8-12-14(11)15(10-5-2-1-3-6-10)18-19(12)9-13(17)20/h1-3,5-6,11H,4,7-9,16H2,(H2,17,20). The number of hydrogen-bond acceptors (Lipinski definition) is 3.